The molecule has 5 N–H and O–H groups in total. The van der Waals surface area contributed by atoms with Crippen LogP contribution in [0.3, 0.4) is 0 Å². The molecule has 0 radical (unpaired) electrons. The van der Waals surface area contributed by atoms with Crippen LogP contribution in [0.4, 0.5) is 17.5 Å². The van der Waals surface area contributed by atoms with Gasteiger partial charge in [-0.25, -0.2) is 10.8 Å². The van der Waals surface area contributed by atoms with E-state index >= 15 is 0 Å². The van der Waals surface area contributed by atoms with Crippen molar-refractivity contribution in [3.63, 3.8) is 0 Å². The third-order valence-corrected chi connectivity index (χ3v) is 1.39. The van der Waals surface area contributed by atoms with Crippen LogP contribution in [0.2, 0.25) is 0 Å². The Hall–Kier alpha value is -1.96. The van der Waals surface area contributed by atoms with Crippen LogP contribution < -0.4 is 17.0 Å². The minimum atomic E-state index is -0.621. The lowest BCUT2D eigenvalue weighted by Crippen LogP contribution is -2.14. The van der Waals surface area contributed by atoms with E-state index in [9.17, 15) is 10.1 Å². The van der Waals surface area contributed by atoms with Gasteiger partial charge in [0.1, 0.15) is 5.69 Å². The number of rotatable bonds is 2. The van der Waals surface area contributed by atoms with Crippen LogP contribution in [-0.2, 0) is 0 Å². The summed E-state index contributed by atoms with van der Waals surface area (Å²) in [5.41, 5.74) is 7.25. The molecule has 0 unspecified atom stereocenters. The van der Waals surface area contributed by atoms with Crippen molar-refractivity contribution in [3.05, 3.63) is 15.8 Å². The van der Waals surface area contributed by atoms with Crippen molar-refractivity contribution in [3.8, 4) is 0 Å². The largest absolute Gasteiger partial charge is 0.368 e. The minimum absolute atomic E-state index is 0.0592. The second kappa shape index (κ2) is 3.19. The average molecular weight is 184 g/mol. The van der Waals surface area contributed by atoms with Gasteiger partial charge >= 0.3 is 5.69 Å². The average Bonchev–Trinajstić information content (AvgIpc) is 2.01. The molecule has 1 rings (SSSR count). The fourth-order valence-electron chi connectivity index (χ4n) is 0.908. The van der Waals surface area contributed by atoms with Gasteiger partial charge in [0, 0.05) is 0 Å². The Bertz CT molecular complexity index is 351. The first-order valence-corrected chi connectivity index (χ1v) is 3.31. The van der Waals surface area contributed by atoms with Crippen molar-refractivity contribution in [2.45, 2.75) is 6.92 Å². The maximum Gasteiger partial charge on any atom is 0.333 e. The third kappa shape index (κ3) is 1.62. The van der Waals surface area contributed by atoms with Gasteiger partial charge in [-0.05, 0) is 6.92 Å². The molecule has 13 heavy (non-hydrogen) atoms. The Labute approximate surface area is 73.1 Å². The molecule has 0 spiro atoms. The fraction of sp³-hybridized carbons (Fsp3) is 0.200. The molecule has 70 valence electrons. The van der Waals surface area contributed by atoms with E-state index in [0.717, 1.165) is 0 Å². The van der Waals surface area contributed by atoms with Gasteiger partial charge in [-0.1, -0.05) is 0 Å². The lowest BCUT2D eigenvalue weighted by Gasteiger charge is -2.03. The van der Waals surface area contributed by atoms with Crippen LogP contribution in [0.15, 0.2) is 0 Å². The molecule has 0 amide bonds. The molecule has 0 atom stereocenters. The molecule has 1 aromatic heterocycles. The number of nitrogen functional groups attached to an aromatic ring is 2. The number of aryl methyl sites for hydroxylation is 1. The minimum Gasteiger partial charge on any atom is -0.368 e. The number of nitrogens with zero attached hydrogens (tertiary/aromatic N) is 3. The summed E-state index contributed by atoms with van der Waals surface area (Å²) in [6.45, 7) is 1.46. The predicted molar refractivity (Wildman–Crippen MR) is 45.6 cm³/mol. The second-order valence-electron chi connectivity index (χ2n) is 2.27. The summed E-state index contributed by atoms with van der Waals surface area (Å²) in [5, 5.41) is 10.5. The first kappa shape index (κ1) is 9.13. The first-order chi connectivity index (χ1) is 6.06. The van der Waals surface area contributed by atoms with Crippen LogP contribution in [0.5, 0.6) is 0 Å². The highest BCUT2D eigenvalue weighted by atomic mass is 16.6. The Balaban J connectivity index is 3.38. The van der Waals surface area contributed by atoms with Crippen LogP contribution >= 0.6 is 0 Å². The van der Waals surface area contributed by atoms with Crippen LogP contribution in [-0.4, -0.2) is 14.9 Å². The molecule has 8 nitrogen and oxygen atoms in total. The van der Waals surface area contributed by atoms with E-state index in [-0.39, 0.29) is 23.1 Å². The third-order valence-electron chi connectivity index (χ3n) is 1.39. The van der Waals surface area contributed by atoms with E-state index in [1.165, 1.54) is 6.92 Å². The van der Waals surface area contributed by atoms with E-state index in [1.54, 1.807) is 0 Å². The molecular formula is C5H8N6O2. The molecule has 0 fully saturated rings. The molecular weight excluding hydrogens is 176 g/mol. The molecule has 0 aromatic carbocycles. The topological polar surface area (TPSA) is 133 Å². The Kier molecular flexibility index (Phi) is 2.24. The number of hydrazine groups is 1. The van der Waals surface area contributed by atoms with E-state index < -0.39 is 4.92 Å². The van der Waals surface area contributed by atoms with Gasteiger partial charge in [-0.2, -0.15) is 4.98 Å². The summed E-state index contributed by atoms with van der Waals surface area (Å²) >= 11 is 0. The normalized spacial score (nSPS) is 9.69. The molecule has 1 aromatic rings. The zero-order valence-electron chi connectivity index (χ0n) is 6.81. The summed E-state index contributed by atoms with van der Waals surface area (Å²) in [6.07, 6.45) is 0. The van der Waals surface area contributed by atoms with Gasteiger partial charge in [-0.3, -0.25) is 10.1 Å². The molecule has 0 saturated heterocycles. The number of aromatic nitrogens is 2. The highest BCUT2D eigenvalue weighted by molar-refractivity contribution is 5.59. The zero-order valence-corrected chi connectivity index (χ0v) is 6.81. The van der Waals surface area contributed by atoms with Crippen molar-refractivity contribution in [1.29, 1.82) is 0 Å². The monoisotopic (exact) mass is 184 g/mol. The molecule has 1 heterocycles. The lowest BCUT2D eigenvalue weighted by atomic mass is 10.3. The summed E-state index contributed by atoms with van der Waals surface area (Å²) in [5.74, 6) is 4.88. The Morgan fingerprint density at radius 3 is 2.62 bits per heavy atom. The van der Waals surface area contributed by atoms with Gasteiger partial charge < -0.3 is 11.2 Å². The van der Waals surface area contributed by atoms with Crippen LogP contribution in [0.25, 0.3) is 0 Å². The van der Waals surface area contributed by atoms with E-state index in [1.807, 2.05) is 0 Å². The number of nitrogens with two attached hydrogens (primary N) is 2. The summed E-state index contributed by atoms with van der Waals surface area (Å²) in [6, 6.07) is 0. The smallest absolute Gasteiger partial charge is 0.333 e. The number of nitrogens with one attached hydrogen (secondary N) is 1. The fourth-order valence-corrected chi connectivity index (χ4v) is 0.908. The zero-order chi connectivity index (χ0) is 10.0. The Morgan fingerprint density at radius 1 is 1.54 bits per heavy atom. The maximum atomic E-state index is 10.5. The maximum absolute atomic E-state index is 10.5. The standard InChI is InChI=1S/C5H8N6O2/c1-2-3(11(12)13)4(10-7)9-5(6)8-2/h7H2,1H3,(H3,6,8,9,10). The van der Waals surface area contributed by atoms with Crippen molar-refractivity contribution in [2.24, 2.45) is 5.84 Å². The quantitative estimate of drug-likeness (QED) is 0.322. The van der Waals surface area contributed by atoms with Gasteiger partial charge in [0.25, 0.3) is 0 Å². The summed E-state index contributed by atoms with van der Waals surface area (Å²) < 4.78 is 0. The van der Waals surface area contributed by atoms with Gasteiger partial charge in [0.05, 0.1) is 4.92 Å². The van der Waals surface area contributed by atoms with Crippen LogP contribution in [0.1, 0.15) is 5.69 Å². The van der Waals surface area contributed by atoms with Gasteiger partial charge in [0.2, 0.25) is 11.8 Å². The highest BCUT2D eigenvalue weighted by Crippen LogP contribution is 2.24. The molecule has 0 aliphatic heterocycles. The summed E-state index contributed by atoms with van der Waals surface area (Å²) in [4.78, 5) is 17.1. The molecule has 0 aliphatic carbocycles. The van der Waals surface area contributed by atoms with Crippen molar-refractivity contribution >= 4 is 17.5 Å². The highest BCUT2D eigenvalue weighted by Gasteiger charge is 2.20. The van der Waals surface area contributed by atoms with Crippen molar-refractivity contribution in [2.75, 3.05) is 11.2 Å². The number of nitro groups is 1. The summed E-state index contributed by atoms with van der Waals surface area (Å²) in [7, 11) is 0. The number of anilines is 2. The van der Waals surface area contributed by atoms with Gasteiger partial charge in [-0.15, -0.1) is 0 Å². The van der Waals surface area contributed by atoms with E-state index in [0.29, 0.717) is 0 Å². The van der Waals surface area contributed by atoms with Gasteiger partial charge in [0.15, 0.2) is 0 Å². The first-order valence-electron chi connectivity index (χ1n) is 3.31. The molecule has 0 saturated carbocycles. The Morgan fingerprint density at radius 2 is 2.15 bits per heavy atom. The van der Waals surface area contributed by atoms with E-state index in [2.05, 4.69) is 15.4 Å². The number of hydrogen-bond donors (Lipinski definition) is 3. The lowest BCUT2D eigenvalue weighted by molar-refractivity contribution is -0.385. The molecule has 8 heteroatoms. The second-order valence-corrected chi connectivity index (χ2v) is 2.27. The van der Waals surface area contributed by atoms with E-state index in [4.69, 9.17) is 11.6 Å². The predicted octanol–water partition coefficient (Wildman–Crippen LogP) is -0.439. The van der Waals surface area contributed by atoms with Crippen molar-refractivity contribution in [1.82, 2.24) is 9.97 Å². The SMILES string of the molecule is Cc1nc(N)nc(NN)c1[N+](=O)[O-]. The molecule has 0 aliphatic rings. The number of hydrogen-bond acceptors (Lipinski definition) is 7. The van der Waals surface area contributed by atoms with Crippen molar-refractivity contribution < 1.29 is 4.92 Å². The molecule has 0 bridgehead atoms. The van der Waals surface area contributed by atoms with Crippen LogP contribution in [0, 0.1) is 17.0 Å².